The van der Waals surface area contributed by atoms with Crippen LogP contribution in [0.15, 0.2) is 64.7 Å². The number of methoxy groups -OCH3 is 2. The SMILES string of the molecule is COc1ccc(-c2ccnc(SCc3cc4cc(Cl)ccc4[nH]c3=O)n2)cc1OC. The third-order valence-electron chi connectivity index (χ3n) is 4.55. The fourth-order valence-electron chi connectivity index (χ4n) is 3.04. The highest BCUT2D eigenvalue weighted by Gasteiger charge is 2.10. The first-order valence-electron chi connectivity index (χ1n) is 9.07. The molecule has 0 aliphatic carbocycles. The zero-order chi connectivity index (χ0) is 21.1. The van der Waals surface area contributed by atoms with Crippen molar-refractivity contribution >= 4 is 34.3 Å². The Morgan fingerprint density at radius 3 is 2.67 bits per heavy atom. The van der Waals surface area contributed by atoms with E-state index in [-0.39, 0.29) is 5.56 Å². The monoisotopic (exact) mass is 439 g/mol. The average molecular weight is 440 g/mol. The number of fused-ring (bicyclic) bond motifs is 1. The number of benzene rings is 2. The zero-order valence-electron chi connectivity index (χ0n) is 16.3. The van der Waals surface area contributed by atoms with Gasteiger partial charge in [-0.15, -0.1) is 0 Å². The summed E-state index contributed by atoms with van der Waals surface area (Å²) in [6, 6.07) is 14.7. The summed E-state index contributed by atoms with van der Waals surface area (Å²) < 4.78 is 10.7. The molecule has 2 heterocycles. The summed E-state index contributed by atoms with van der Waals surface area (Å²) >= 11 is 7.46. The van der Waals surface area contributed by atoms with Crippen molar-refractivity contribution in [1.82, 2.24) is 15.0 Å². The van der Waals surface area contributed by atoms with Gasteiger partial charge in [-0.2, -0.15) is 0 Å². The Bertz CT molecular complexity index is 1280. The molecule has 0 aliphatic rings. The summed E-state index contributed by atoms with van der Waals surface area (Å²) in [6.07, 6.45) is 1.70. The minimum absolute atomic E-state index is 0.131. The van der Waals surface area contributed by atoms with Gasteiger partial charge in [0.25, 0.3) is 5.56 Å². The minimum atomic E-state index is -0.131. The minimum Gasteiger partial charge on any atom is -0.493 e. The van der Waals surface area contributed by atoms with Crippen molar-refractivity contribution in [2.75, 3.05) is 14.2 Å². The van der Waals surface area contributed by atoms with Crippen LogP contribution in [0.4, 0.5) is 0 Å². The molecular weight excluding hydrogens is 422 g/mol. The normalized spacial score (nSPS) is 10.9. The third kappa shape index (κ3) is 4.27. The Hall–Kier alpha value is -3.03. The molecule has 0 saturated heterocycles. The molecule has 4 rings (SSSR count). The van der Waals surface area contributed by atoms with E-state index in [2.05, 4.69) is 15.0 Å². The molecule has 0 aliphatic heterocycles. The molecule has 6 nitrogen and oxygen atoms in total. The molecule has 152 valence electrons. The summed E-state index contributed by atoms with van der Waals surface area (Å²) in [4.78, 5) is 24.2. The van der Waals surface area contributed by atoms with Crippen LogP contribution in [0.25, 0.3) is 22.2 Å². The van der Waals surface area contributed by atoms with Crippen LogP contribution in [0.3, 0.4) is 0 Å². The van der Waals surface area contributed by atoms with Crippen molar-refractivity contribution in [2.45, 2.75) is 10.9 Å². The molecular formula is C22H18ClN3O3S. The molecule has 0 unspecified atom stereocenters. The molecule has 1 N–H and O–H groups in total. The predicted octanol–water partition coefficient (Wildman–Crippen LogP) is 4.95. The van der Waals surface area contributed by atoms with Gasteiger partial charge in [0.2, 0.25) is 0 Å². The lowest BCUT2D eigenvalue weighted by Gasteiger charge is -2.10. The number of aromatic nitrogens is 3. The molecule has 0 saturated carbocycles. The van der Waals surface area contributed by atoms with Gasteiger partial charge in [-0.05, 0) is 53.9 Å². The van der Waals surface area contributed by atoms with E-state index in [1.807, 2.05) is 36.4 Å². The third-order valence-corrected chi connectivity index (χ3v) is 5.70. The van der Waals surface area contributed by atoms with Gasteiger partial charge in [-0.25, -0.2) is 9.97 Å². The highest BCUT2D eigenvalue weighted by Crippen LogP contribution is 2.32. The maximum Gasteiger partial charge on any atom is 0.252 e. The number of H-pyrrole nitrogens is 1. The summed E-state index contributed by atoms with van der Waals surface area (Å²) in [5.74, 6) is 1.72. The van der Waals surface area contributed by atoms with Crippen molar-refractivity contribution in [2.24, 2.45) is 0 Å². The lowest BCUT2D eigenvalue weighted by molar-refractivity contribution is 0.355. The van der Waals surface area contributed by atoms with Crippen LogP contribution in [0.1, 0.15) is 5.56 Å². The summed E-state index contributed by atoms with van der Waals surface area (Å²) in [5.41, 5.74) is 2.90. The second-order valence-electron chi connectivity index (χ2n) is 6.44. The number of hydrogen-bond acceptors (Lipinski definition) is 6. The van der Waals surface area contributed by atoms with Crippen molar-refractivity contribution < 1.29 is 9.47 Å². The topological polar surface area (TPSA) is 77.1 Å². The van der Waals surface area contributed by atoms with E-state index >= 15 is 0 Å². The summed E-state index contributed by atoms with van der Waals surface area (Å²) in [5, 5.41) is 2.09. The smallest absolute Gasteiger partial charge is 0.252 e. The standard InChI is InChI=1S/C22H18ClN3O3S/c1-28-19-6-3-13(11-20(19)29-2)18-7-8-24-22(26-18)30-12-15-9-14-10-16(23)4-5-17(14)25-21(15)27/h3-11H,12H2,1-2H3,(H,25,27). The predicted molar refractivity (Wildman–Crippen MR) is 120 cm³/mol. The Kier molecular flexibility index (Phi) is 5.92. The number of pyridine rings is 1. The van der Waals surface area contributed by atoms with Crippen LogP contribution >= 0.6 is 23.4 Å². The Balaban J connectivity index is 1.58. The fraction of sp³-hybridized carbons (Fsp3) is 0.136. The highest BCUT2D eigenvalue weighted by molar-refractivity contribution is 7.98. The quantitative estimate of drug-likeness (QED) is 0.338. The maximum absolute atomic E-state index is 12.4. The first-order chi connectivity index (χ1) is 14.6. The molecule has 0 amide bonds. The number of rotatable bonds is 6. The van der Waals surface area contributed by atoms with Crippen molar-refractivity contribution in [3.63, 3.8) is 0 Å². The van der Waals surface area contributed by atoms with Crippen LogP contribution in [0.5, 0.6) is 11.5 Å². The Morgan fingerprint density at radius 2 is 1.87 bits per heavy atom. The van der Waals surface area contributed by atoms with Gasteiger partial charge < -0.3 is 14.5 Å². The molecule has 2 aromatic heterocycles. The van der Waals surface area contributed by atoms with E-state index in [0.29, 0.717) is 33.0 Å². The van der Waals surface area contributed by atoms with Gasteiger partial charge in [-0.3, -0.25) is 4.79 Å². The summed E-state index contributed by atoms with van der Waals surface area (Å²) in [7, 11) is 3.19. The van der Waals surface area contributed by atoms with E-state index in [1.54, 1.807) is 32.5 Å². The number of ether oxygens (including phenoxy) is 2. The van der Waals surface area contributed by atoms with E-state index in [4.69, 9.17) is 21.1 Å². The Labute approximate surface area is 182 Å². The molecule has 0 spiro atoms. The van der Waals surface area contributed by atoms with Crippen LogP contribution in [-0.4, -0.2) is 29.2 Å². The van der Waals surface area contributed by atoms with E-state index in [9.17, 15) is 4.79 Å². The molecule has 0 fully saturated rings. The molecule has 4 aromatic rings. The average Bonchev–Trinajstić information content (AvgIpc) is 2.77. The van der Waals surface area contributed by atoms with Gasteiger partial charge in [0.15, 0.2) is 16.7 Å². The van der Waals surface area contributed by atoms with Crippen LogP contribution < -0.4 is 15.0 Å². The first kappa shape index (κ1) is 20.3. The molecule has 30 heavy (non-hydrogen) atoms. The number of nitrogens with one attached hydrogen (secondary N) is 1. The zero-order valence-corrected chi connectivity index (χ0v) is 17.9. The lowest BCUT2D eigenvalue weighted by atomic mass is 10.1. The van der Waals surface area contributed by atoms with Crippen molar-refractivity contribution in [1.29, 1.82) is 0 Å². The van der Waals surface area contributed by atoms with Crippen molar-refractivity contribution in [3.8, 4) is 22.8 Å². The maximum atomic E-state index is 12.4. The van der Waals surface area contributed by atoms with Crippen LogP contribution in [0.2, 0.25) is 5.02 Å². The van der Waals surface area contributed by atoms with E-state index in [0.717, 1.165) is 22.2 Å². The number of aromatic amines is 1. The number of nitrogens with zero attached hydrogens (tertiary/aromatic N) is 2. The Morgan fingerprint density at radius 1 is 1.03 bits per heavy atom. The second kappa shape index (κ2) is 8.77. The van der Waals surface area contributed by atoms with Crippen LogP contribution in [-0.2, 0) is 5.75 Å². The van der Waals surface area contributed by atoms with Gasteiger partial charge >= 0.3 is 0 Å². The van der Waals surface area contributed by atoms with Crippen molar-refractivity contribution in [3.05, 3.63) is 75.7 Å². The van der Waals surface area contributed by atoms with Gasteiger partial charge in [0.1, 0.15) is 0 Å². The first-order valence-corrected chi connectivity index (χ1v) is 10.4. The lowest BCUT2D eigenvalue weighted by Crippen LogP contribution is -2.11. The largest absolute Gasteiger partial charge is 0.493 e. The highest BCUT2D eigenvalue weighted by atomic mass is 35.5. The van der Waals surface area contributed by atoms with Gasteiger partial charge in [-0.1, -0.05) is 23.4 Å². The molecule has 0 atom stereocenters. The molecule has 0 radical (unpaired) electrons. The molecule has 0 bridgehead atoms. The second-order valence-corrected chi connectivity index (χ2v) is 7.82. The van der Waals surface area contributed by atoms with E-state index < -0.39 is 0 Å². The van der Waals surface area contributed by atoms with E-state index in [1.165, 1.54) is 11.8 Å². The summed E-state index contributed by atoms with van der Waals surface area (Å²) in [6.45, 7) is 0. The van der Waals surface area contributed by atoms with Gasteiger partial charge in [0.05, 0.1) is 19.9 Å². The molecule has 8 heteroatoms. The fourth-order valence-corrected chi connectivity index (χ4v) is 4.02. The number of halogens is 1. The van der Waals surface area contributed by atoms with Crippen LogP contribution in [0, 0.1) is 0 Å². The number of hydrogen-bond donors (Lipinski definition) is 1. The number of thioether (sulfide) groups is 1. The molecule has 2 aromatic carbocycles. The van der Waals surface area contributed by atoms with Gasteiger partial charge in [0, 0.05) is 33.6 Å².